The number of ether oxygens (including phenoxy) is 1. The highest BCUT2D eigenvalue weighted by Crippen LogP contribution is 2.30. The van der Waals surface area contributed by atoms with Crippen LogP contribution in [-0.2, 0) is 4.74 Å². The van der Waals surface area contributed by atoms with E-state index in [0.717, 1.165) is 25.2 Å². The smallest absolute Gasteiger partial charge is 0.159 e. The van der Waals surface area contributed by atoms with Gasteiger partial charge in [0.25, 0.3) is 0 Å². The van der Waals surface area contributed by atoms with Gasteiger partial charge in [0, 0.05) is 18.8 Å². The molecule has 1 heterocycles. The summed E-state index contributed by atoms with van der Waals surface area (Å²) in [6.45, 7) is 5.61. The molecule has 0 saturated carbocycles. The lowest BCUT2D eigenvalue weighted by atomic mass is 9.83. The maximum Gasteiger partial charge on any atom is 0.159 e. The third-order valence-electron chi connectivity index (χ3n) is 3.72. The highest BCUT2D eigenvalue weighted by atomic mass is 16.5. The molecule has 2 atom stereocenters. The minimum atomic E-state index is 0.138. The van der Waals surface area contributed by atoms with Crippen LogP contribution in [0.25, 0.3) is 0 Å². The Morgan fingerprint density at radius 1 is 1.47 bits per heavy atom. The van der Waals surface area contributed by atoms with Gasteiger partial charge in [-0.3, -0.25) is 4.79 Å². The number of carbonyl (C=O) groups excluding carboxylic acids is 1. The van der Waals surface area contributed by atoms with Crippen LogP contribution in [0.15, 0.2) is 24.3 Å². The van der Waals surface area contributed by atoms with Gasteiger partial charge in [-0.1, -0.05) is 25.1 Å². The molecule has 0 amide bonds. The van der Waals surface area contributed by atoms with Gasteiger partial charge in [0.05, 0.1) is 0 Å². The summed E-state index contributed by atoms with van der Waals surface area (Å²) in [5, 5.41) is 0. The fourth-order valence-electron chi connectivity index (χ4n) is 2.47. The Kier molecular flexibility index (Phi) is 3.95. The summed E-state index contributed by atoms with van der Waals surface area (Å²) in [5.41, 5.74) is 2.07. The van der Waals surface area contributed by atoms with Crippen LogP contribution >= 0.6 is 0 Å². The Balaban J connectivity index is 2.14. The van der Waals surface area contributed by atoms with Crippen LogP contribution in [0.5, 0.6) is 0 Å². The van der Waals surface area contributed by atoms with Crippen molar-refractivity contribution in [3.05, 3.63) is 35.4 Å². The molecule has 0 N–H and O–H groups in total. The van der Waals surface area contributed by atoms with Crippen molar-refractivity contribution in [2.24, 2.45) is 5.92 Å². The van der Waals surface area contributed by atoms with Crippen LogP contribution in [0.4, 0.5) is 0 Å². The van der Waals surface area contributed by atoms with Crippen molar-refractivity contribution in [2.45, 2.75) is 32.6 Å². The number of carbonyl (C=O) groups is 1. The molecule has 2 nitrogen and oxygen atoms in total. The Labute approximate surface area is 103 Å². The molecule has 0 radical (unpaired) electrons. The molecule has 1 aromatic rings. The molecule has 0 aliphatic carbocycles. The van der Waals surface area contributed by atoms with Crippen molar-refractivity contribution >= 4 is 5.78 Å². The summed E-state index contributed by atoms with van der Waals surface area (Å²) in [6.07, 6.45) is 2.38. The number of Topliss-reactive ketones (excluding diaryl/α,β-unsaturated/α-hetero) is 1. The summed E-state index contributed by atoms with van der Waals surface area (Å²) in [5.74, 6) is 1.19. The van der Waals surface area contributed by atoms with E-state index in [1.807, 2.05) is 18.2 Å². The van der Waals surface area contributed by atoms with Gasteiger partial charge in [0.15, 0.2) is 5.78 Å². The molecule has 17 heavy (non-hydrogen) atoms. The first-order valence-corrected chi connectivity index (χ1v) is 6.37. The van der Waals surface area contributed by atoms with Crippen LogP contribution in [0.3, 0.4) is 0 Å². The third kappa shape index (κ3) is 2.95. The molecule has 0 bridgehead atoms. The molecule has 2 unspecified atom stereocenters. The van der Waals surface area contributed by atoms with Gasteiger partial charge in [-0.15, -0.1) is 0 Å². The zero-order valence-corrected chi connectivity index (χ0v) is 10.6. The van der Waals surface area contributed by atoms with Crippen molar-refractivity contribution in [1.82, 2.24) is 0 Å². The molecular weight excluding hydrogens is 212 g/mol. The summed E-state index contributed by atoms with van der Waals surface area (Å²) in [7, 11) is 0. The number of benzene rings is 1. The van der Waals surface area contributed by atoms with E-state index in [4.69, 9.17) is 4.74 Å². The van der Waals surface area contributed by atoms with Gasteiger partial charge >= 0.3 is 0 Å². The average molecular weight is 232 g/mol. The molecule has 2 rings (SSSR count). The average Bonchev–Trinajstić information content (AvgIpc) is 2.39. The van der Waals surface area contributed by atoms with E-state index in [1.54, 1.807) is 6.92 Å². The SMILES string of the molecule is CC(=O)c1cccc(C(C)C2CCCOC2)c1. The highest BCUT2D eigenvalue weighted by molar-refractivity contribution is 5.94. The first kappa shape index (κ1) is 12.3. The first-order valence-electron chi connectivity index (χ1n) is 6.37. The molecule has 1 aliphatic rings. The molecule has 2 heteroatoms. The highest BCUT2D eigenvalue weighted by Gasteiger charge is 2.22. The predicted molar refractivity (Wildman–Crippen MR) is 68.4 cm³/mol. The van der Waals surface area contributed by atoms with Gasteiger partial charge in [-0.2, -0.15) is 0 Å². The Morgan fingerprint density at radius 2 is 2.29 bits per heavy atom. The van der Waals surface area contributed by atoms with Crippen LogP contribution in [-0.4, -0.2) is 19.0 Å². The molecule has 1 fully saturated rings. The van der Waals surface area contributed by atoms with Crippen molar-refractivity contribution in [3.8, 4) is 0 Å². The van der Waals surface area contributed by atoms with E-state index in [0.29, 0.717) is 11.8 Å². The monoisotopic (exact) mass is 232 g/mol. The third-order valence-corrected chi connectivity index (χ3v) is 3.72. The van der Waals surface area contributed by atoms with Crippen molar-refractivity contribution in [3.63, 3.8) is 0 Å². The fraction of sp³-hybridized carbons (Fsp3) is 0.533. The van der Waals surface area contributed by atoms with E-state index in [9.17, 15) is 4.79 Å². The van der Waals surface area contributed by atoms with Crippen molar-refractivity contribution < 1.29 is 9.53 Å². The largest absolute Gasteiger partial charge is 0.381 e. The van der Waals surface area contributed by atoms with Crippen molar-refractivity contribution in [1.29, 1.82) is 0 Å². The second-order valence-corrected chi connectivity index (χ2v) is 4.95. The molecule has 0 spiro atoms. The summed E-state index contributed by atoms with van der Waals surface area (Å²) in [6, 6.07) is 8.01. The van der Waals surface area contributed by atoms with E-state index >= 15 is 0 Å². The Hall–Kier alpha value is -1.15. The van der Waals surface area contributed by atoms with E-state index < -0.39 is 0 Å². The topological polar surface area (TPSA) is 26.3 Å². The van der Waals surface area contributed by atoms with Gasteiger partial charge in [0.2, 0.25) is 0 Å². The van der Waals surface area contributed by atoms with Crippen molar-refractivity contribution in [2.75, 3.05) is 13.2 Å². The summed E-state index contributed by atoms with van der Waals surface area (Å²) < 4.78 is 5.54. The second-order valence-electron chi connectivity index (χ2n) is 4.95. The van der Waals surface area contributed by atoms with Gasteiger partial charge in [-0.05, 0) is 43.2 Å². The standard InChI is InChI=1S/C15H20O2/c1-11(15-7-4-8-17-10-15)13-5-3-6-14(9-13)12(2)16/h3,5-6,9,11,15H,4,7-8,10H2,1-2H3. The van der Waals surface area contributed by atoms with Gasteiger partial charge in [-0.25, -0.2) is 0 Å². The number of hydrogen-bond donors (Lipinski definition) is 0. The molecule has 92 valence electrons. The Morgan fingerprint density at radius 3 is 2.94 bits per heavy atom. The second kappa shape index (κ2) is 5.46. The van der Waals surface area contributed by atoms with Gasteiger partial charge in [0.1, 0.15) is 0 Å². The maximum absolute atomic E-state index is 11.4. The predicted octanol–water partition coefficient (Wildman–Crippen LogP) is 3.42. The number of hydrogen-bond acceptors (Lipinski definition) is 2. The lowest BCUT2D eigenvalue weighted by molar-refractivity contribution is 0.0463. The minimum Gasteiger partial charge on any atom is -0.381 e. The minimum absolute atomic E-state index is 0.138. The molecule has 1 aromatic carbocycles. The van der Waals surface area contributed by atoms with E-state index in [-0.39, 0.29) is 5.78 Å². The Bertz CT molecular complexity index is 392. The summed E-state index contributed by atoms with van der Waals surface area (Å²) in [4.78, 5) is 11.4. The van der Waals surface area contributed by atoms with Crippen LogP contribution < -0.4 is 0 Å². The zero-order chi connectivity index (χ0) is 12.3. The van der Waals surface area contributed by atoms with Gasteiger partial charge < -0.3 is 4.74 Å². The molecule has 1 saturated heterocycles. The summed E-state index contributed by atoms with van der Waals surface area (Å²) >= 11 is 0. The maximum atomic E-state index is 11.4. The van der Waals surface area contributed by atoms with Crippen LogP contribution in [0.1, 0.15) is 48.5 Å². The lowest BCUT2D eigenvalue weighted by Gasteiger charge is -2.28. The normalized spacial score (nSPS) is 22.1. The van der Waals surface area contributed by atoms with E-state index in [1.165, 1.54) is 12.0 Å². The fourth-order valence-corrected chi connectivity index (χ4v) is 2.47. The molecule has 0 aromatic heterocycles. The quantitative estimate of drug-likeness (QED) is 0.746. The molecular formula is C15H20O2. The van der Waals surface area contributed by atoms with Crippen LogP contribution in [0, 0.1) is 5.92 Å². The lowest BCUT2D eigenvalue weighted by Crippen LogP contribution is -2.22. The zero-order valence-electron chi connectivity index (χ0n) is 10.6. The molecule has 1 aliphatic heterocycles. The van der Waals surface area contributed by atoms with E-state index in [2.05, 4.69) is 13.0 Å². The number of rotatable bonds is 3. The first-order chi connectivity index (χ1) is 8.18. The number of ketones is 1. The van der Waals surface area contributed by atoms with Crippen LogP contribution in [0.2, 0.25) is 0 Å².